The van der Waals surface area contributed by atoms with Gasteiger partial charge >= 0.3 is 0 Å². The van der Waals surface area contributed by atoms with E-state index >= 15 is 0 Å². The fraction of sp³-hybridized carbons (Fsp3) is 0.500. The molecule has 0 spiro atoms. The monoisotopic (exact) mass is 247 g/mol. The molecule has 0 fully saturated rings. The van der Waals surface area contributed by atoms with Crippen LogP contribution < -0.4 is 5.32 Å². The van der Waals surface area contributed by atoms with Gasteiger partial charge < -0.3 is 5.32 Å². The molecule has 1 aromatic carbocycles. The number of rotatable bonds is 5. The molecular formula is C16H22FN. The van der Waals surface area contributed by atoms with E-state index < -0.39 is 0 Å². The first kappa shape index (κ1) is 13.3. The average molecular weight is 247 g/mol. The number of hydrogen-bond acceptors (Lipinski definition) is 1. The van der Waals surface area contributed by atoms with Gasteiger partial charge in [0, 0.05) is 6.04 Å². The molecule has 0 aliphatic heterocycles. The van der Waals surface area contributed by atoms with Gasteiger partial charge in [-0.1, -0.05) is 24.3 Å². The second-order valence-electron chi connectivity index (χ2n) is 5.29. The minimum Gasteiger partial charge on any atom is -0.314 e. The van der Waals surface area contributed by atoms with E-state index in [1.165, 1.54) is 25.3 Å². The van der Waals surface area contributed by atoms with E-state index in [4.69, 9.17) is 0 Å². The maximum Gasteiger partial charge on any atom is 0.123 e. The lowest BCUT2D eigenvalue weighted by atomic mass is 9.94. The topological polar surface area (TPSA) is 12.0 Å². The van der Waals surface area contributed by atoms with Gasteiger partial charge in [0.2, 0.25) is 0 Å². The van der Waals surface area contributed by atoms with Gasteiger partial charge in [-0.25, -0.2) is 4.39 Å². The van der Waals surface area contributed by atoms with Crippen LogP contribution in [0.1, 0.15) is 31.7 Å². The molecule has 2 atom stereocenters. The van der Waals surface area contributed by atoms with Gasteiger partial charge in [0.25, 0.3) is 0 Å². The molecule has 1 N–H and O–H groups in total. The molecule has 1 aliphatic carbocycles. The Kier molecular flexibility index (Phi) is 4.94. The Balaban J connectivity index is 1.74. The molecule has 1 aliphatic rings. The fourth-order valence-electron chi connectivity index (χ4n) is 2.50. The van der Waals surface area contributed by atoms with Crippen LogP contribution >= 0.6 is 0 Å². The molecular weight excluding hydrogens is 225 g/mol. The van der Waals surface area contributed by atoms with Gasteiger partial charge in [-0.15, -0.1) is 0 Å². The van der Waals surface area contributed by atoms with Crippen molar-refractivity contribution < 1.29 is 4.39 Å². The number of allylic oxidation sites excluding steroid dienone is 2. The normalized spacial score (nSPS) is 20.9. The van der Waals surface area contributed by atoms with Gasteiger partial charge in [-0.2, -0.15) is 0 Å². The number of hydrogen-bond donors (Lipinski definition) is 1. The summed E-state index contributed by atoms with van der Waals surface area (Å²) in [5.74, 6) is 0.627. The Bertz CT molecular complexity index is 400. The molecule has 0 radical (unpaired) electrons. The van der Waals surface area contributed by atoms with Crippen LogP contribution in [0.5, 0.6) is 0 Å². The molecule has 0 saturated heterocycles. The number of nitrogens with one attached hydrogen (secondary N) is 1. The molecule has 0 heterocycles. The van der Waals surface area contributed by atoms with Crippen molar-refractivity contribution in [2.24, 2.45) is 5.92 Å². The van der Waals surface area contributed by atoms with Crippen LogP contribution in [0.2, 0.25) is 0 Å². The highest BCUT2D eigenvalue weighted by Gasteiger charge is 2.11. The van der Waals surface area contributed by atoms with Crippen LogP contribution in [0.15, 0.2) is 36.4 Å². The van der Waals surface area contributed by atoms with E-state index in [1.807, 2.05) is 6.07 Å². The highest BCUT2D eigenvalue weighted by atomic mass is 19.1. The molecule has 1 nitrogen and oxygen atoms in total. The Morgan fingerprint density at radius 3 is 3.00 bits per heavy atom. The first-order valence-corrected chi connectivity index (χ1v) is 6.87. The third-order valence-electron chi connectivity index (χ3n) is 3.56. The van der Waals surface area contributed by atoms with E-state index in [1.54, 1.807) is 12.1 Å². The molecule has 98 valence electrons. The Labute approximate surface area is 109 Å². The predicted octanol–water partition coefficient (Wildman–Crippen LogP) is 3.70. The van der Waals surface area contributed by atoms with Crippen molar-refractivity contribution >= 4 is 0 Å². The summed E-state index contributed by atoms with van der Waals surface area (Å²) in [6, 6.07) is 7.29. The first-order chi connectivity index (χ1) is 8.74. The minimum atomic E-state index is -0.142. The van der Waals surface area contributed by atoms with Crippen LogP contribution in [0, 0.1) is 11.7 Å². The van der Waals surface area contributed by atoms with E-state index in [9.17, 15) is 4.39 Å². The van der Waals surface area contributed by atoms with E-state index in [-0.39, 0.29) is 5.82 Å². The molecule has 2 unspecified atom stereocenters. The first-order valence-electron chi connectivity index (χ1n) is 6.87. The van der Waals surface area contributed by atoms with Crippen molar-refractivity contribution in [3.63, 3.8) is 0 Å². The predicted molar refractivity (Wildman–Crippen MR) is 74.0 cm³/mol. The number of benzene rings is 1. The molecule has 18 heavy (non-hydrogen) atoms. The summed E-state index contributed by atoms with van der Waals surface area (Å²) in [6.07, 6.45) is 9.14. The van der Waals surface area contributed by atoms with Gasteiger partial charge in [0.05, 0.1) is 0 Å². The summed E-state index contributed by atoms with van der Waals surface area (Å²) in [5.41, 5.74) is 1.07. The van der Waals surface area contributed by atoms with E-state index in [0.29, 0.717) is 6.04 Å². The van der Waals surface area contributed by atoms with Gasteiger partial charge in [-0.3, -0.25) is 0 Å². The number of halogens is 1. The minimum absolute atomic E-state index is 0.142. The lowest BCUT2D eigenvalue weighted by molar-refractivity contribution is 0.410. The lowest BCUT2D eigenvalue weighted by Crippen LogP contribution is -2.33. The maximum atomic E-state index is 13.1. The summed E-state index contributed by atoms with van der Waals surface area (Å²) in [5, 5.41) is 3.56. The van der Waals surface area contributed by atoms with Crippen molar-refractivity contribution in [2.45, 2.75) is 38.6 Å². The second-order valence-corrected chi connectivity index (χ2v) is 5.29. The van der Waals surface area contributed by atoms with Crippen molar-refractivity contribution in [2.75, 3.05) is 6.54 Å². The Morgan fingerprint density at radius 2 is 2.28 bits per heavy atom. The molecule has 2 rings (SSSR count). The molecule has 0 aromatic heterocycles. The lowest BCUT2D eigenvalue weighted by Gasteiger charge is -2.21. The summed E-state index contributed by atoms with van der Waals surface area (Å²) < 4.78 is 13.1. The maximum absolute atomic E-state index is 13.1. The third-order valence-corrected chi connectivity index (χ3v) is 3.56. The molecule has 2 heteroatoms. The Morgan fingerprint density at radius 1 is 1.39 bits per heavy atom. The zero-order valence-corrected chi connectivity index (χ0v) is 11.0. The van der Waals surface area contributed by atoms with E-state index in [2.05, 4.69) is 24.4 Å². The zero-order valence-electron chi connectivity index (χ0n) is 11.0. The van der Waals surface area contributed by atoms with Crippen molar-refractivity contribution in [3.8, 4) is 0 Å². The zero-order chi connectivity index (χ0) is 12.8. The SMILES string of the molecule is CC(Cc1cccc(F)c1)NCC1CC=CCC1. The fourth-order valence-corrected chi connectivity index (χ4v) is 2.50. The van der Waals surface area contributed by atoms with Crippen LogP contribution in [0.3, 0.4) is 0 Å². The summed E-state index contributed by atoms with van der Waals surface area (Å²) in [4.78, 5) is 0. The largest absolute Gasteiger partial charge is 0.314 e. The molecule has 0 saturated carbocycles. The van der Waals surface area contributed by atoms with Crippen molar-refractivity contribution in [1.29, 1.82) is 0 Å². The summed E-state index contributed by atoms with van der Waals surface area (Å²) in [7, 11) is 0. The highest BCUT2D eigenvalue weighted by Crippen LogP contribution is 2.17. The van der Waals surface area contributed by atoms with Crippen LogP contribution in [0.25, 0.3) is 0 Å². The van der Waals surface area contributed by atoms with Crippen molar-refractivity contribution in [1.82, 2.24) is 5.32 Å². The summed E-state index contributed by atoms with van der Waals surface area (Å²) in [6.45, 7) is 3.24. The van der Waals surface area contributed by atoms with Crippen molar-refractivity contribution in [3.05, 3.63) is 47.8 Å². The van der Waals surface area contributed by atoms with E-state index in [0.717, 1.165) is 24.4 Å². The second kappa shape index (κ2) is 6.69. The summed E-state index contributed by atoms with van der Waals surface area (Å²) >= 11 is 0. The highest BCUT2D eigenvalue weighted by molar-refractivity contribution is 5.17. The third kappa shape index (κ3) is 4.26. The average Bonchev–Trinajstić information content (AvgIpc) is 2.38. The quantitative estimate of drug-likeness (QED) is 0.782. The van der Waals surface area contributed by atoms with Crippen LogP contribution in [-0.2, 0) is 6.42 Å². The molecule has 0 amide bonds. The van der Waals surface area contributed by atoms with Crippen LogP contribution in [-0.4, -0.2) is 12.6 Å². The Hall–Kier alpha value is -1.15. The standard InChI is InChI=1S/C16H22FN/c1-13(10-15-8-5-9-16(17)11-15)18-12-14-6-3-2-4-7-14/h2-3,5,8-9,11,13-14,18H,4,6-7,10,12H2,1H3. The van der Waals surface area contributed by atoms with Gasteiger partial charge in [0.15, 0.2) is 0 Å². The van der Waals surface area contributed by atoms with Gasteiger partial charge in [0.1, 0.15) is 5.82 Å². The molecule has 1 aromatic rings. The smallest absolute Gasteiger partial charge is 0.123 e. The van der Waals surface area contributed by atoms with Crippen LogP contribution in [0.4, 0.5) is 4.39 Å². The van der Waals surface area contributed by atoms with Gasteiger partial charge in [-0.05, 0) is 62.8 Å². The molecule has 0 bridgehead atoms.